The van der Waals surface area contributed by atoms with Crippen LogP contribution in [0.15, 0.2) is 115 Å². The van der Waals surface area contributed by atoms with Gasteiger partial charge >= 0.3 is 8.25 Å². The van der Waals surface area contributed by atoms with Gasteiger partial charge < -0.3 is 0 Å². The van der Waals surface area contributed by atoms with E-state index in [1.807, 2.05) is 48.5 Å². The van der Waals surface area contributed by atoms with Gasteiger partial charge in [0.15, 0.2) is 11.2 Å². The fraction of sp³-hybridized carbons (Fsp3) is 0.333. The average molecular weight is 869 g/mol. The minimum atomic E-state index is -2.62. The molecule has 0 bridgehead atoms. The molecular weight excluding hydrogens is 831 g/mol. The van der Waals surface area contributed by atoms with Crippen molar-refractivity contribution in [2.75, 3.05) is 0 Å². The second-order valence-electron chi connectivity index (χ2n) is 11.0. The summed E-state index contributed by atoms with van der Waals surface area (Å²) in [4.78, 5) is 0. The predicted molar refractivity (Wildman–Crippen MR) is 196 cm³/mol. The lowest BCUT2D eigenvalue weighted by Gasteiger charge is -2.32. The zero-order valence-electron chi connectivity index (χ0n) is 25.1. The molecule has 0 atom stereocenters. The van der Waals surface area contributed by atoms with Crippen LogP contribution in [0.2, 0.25) is 0 Å². The lowest BCUT2D eigenvalue weighted by Crippen LogP contribution is -2.33. The van der Waals surface area contributed by atoms with E-state index in [4.69, 9.17) is 9.05 Å². The van der Waals surface area contributed by atoms with Gasteiger partial charge in [0.1, 0.15) is 0 Å². The highest BCUT2D eigenvalue weighted by molar-refractivity contribution is 9.11. The molecule has 0 amide bonds. The Bertz CT molecular complexity index is 1270. The number of halogens is 4. The van der Waals surface area contributed by atoms with Crippen molar-refractivity contribution in [1.29, 1.82) is 0 Å². The van der Waals surface area contributed by atoms with E-state index in [2.05, 4.69) is 126 Å². The molecule has 0 aliphatic heterocycles. The molecule has 0 spiro atoms. The summed E-state index contributed by atoms with van der Waals surface area (Å²) in [6.45, 7) is 4.37. The minimum Gasteiger partial charge on any atom is -0.103 e. The maximum Gasteiger partial charge on any atom is 0.699 e. The number of rotatable bonds is 16. The van der Waals surface area contributed by atoms with E-state index in [1.54, 1.807) is 0 Å². The molecule has 0 saturated heterocycles. The molecule has 4 aromatic carbocycles. The molecule has 232 valence electrons. The zero-order chi connectivity index (χ0) is 31.6. The third-order valence-corrected chi connectivity index (χ3v) is 11.0. The Balaban J connectivity index is 1.85. The van der Waals surface area contributed by atoms with E-state index in [0.29, 0.717) is 12.8 Å². The standard InChI is InChI=1S/C36H38Br4O3P/c1-3-5-7-25-35(27-9-17-31(37)18-10-27,28-11-19-32(38)20-12-28)42-44(41)43-36(26-8-6-4-2,29-13-21-33(39)22-14-29)30-15-23-34(40)24-16-30/h9-24H,3-8,25-26H2,1-2H3/q+1. The summed E-state index contributed by atoms with van der Waals surface area (Å²) in [6, 6.07) is 32.5. The fourth-order valence-electron chi connectivity index (χ4n) is 5.61. The SMILES string of the molecule is CCCCCC(O[P+](=O)OC(CCCCC)(c1ccc(Br)cc1)c1ccc(Br)cc1)(c1ccc(Br)cc1)c1ccc(Br)cc1. The molecule has 0 saturated carbocycles. The summed E-state index contributed by atoms with van der Waals surface area (Å²) in [7, 11) is -2.62. The van der Waals surface area contributed by atoms with Gasteiger partial charge in [-0.05, 0) is 96.5 Å². The smallest absolute Gasteiger partial charge is 0.103 e. The van der Waals surface area contributed by atoms with Crippen LogP contribution in [0.4, 0.5) is 0 Å². The monoisotopic (exact) mass is 865 g/mol. The first-order valence-electron chi connectivity index (χ1n) is 15.1. The zero-order valence-corrected chi connectivity index (χ0v) is 32.3. The predicted octanol–water partition coefficient (Wildman–Crippen LogP) is 13.8. The largest absolute Gasteiger partial charge is 0.699 e. The van der Waals surface area contributed by atoms with E-state index in [1.165, 1.54) is 0 Å². The second kappa shape index (κ2) is 17.1. The number of unbranched alkanes of at least 4 members (excludes halogenated alkanes) is 4. The van der Waals surface area contributed by atoms with Gasteiger partial charge in [-0.2, -0.15) is 0 Å². The van der Waals surface area contributed by atoms with Gasteiger partial charge in [-0.1, -0.05) is 152 Å². The normalized spacial score (nSPS) is 12.0. The van der Waals surface area contributed by atoms with Crippen molar-refractivity contribution in [3.05, 3.63) is 137 Å². The van der Waals surface area contributed by atoms with Crippen LogP contribution in [0.5, 0.6) is 0 Å². The highest BCUT2D eigenvalue weighted by atomic mass is 79.9. The van der Waals surface area contributed by atoms with Crippen LogP contribution in [0.3, 0.4) is 0 Å². The highest BCUT2D eigenvalue weighted by Crippen LogP contribution is 2.52. The highest BCUT2D eigenvalue weighted by Gasteiger charge is 2.50. The first-order valence-corrected chi connectivity index (χ1v) is 19.4. The number of hydrogen-bond donors (Lipinski definition) is 0. The average Bonchev–Trinajstić information content (AvgIpc) is 3.02. The molecular formula is C36H38Br4O3P+. The summed E-state index contributed by atoms with van der Waals surface area (Å²) in [6.07, 6.45) is 7.34. The Morgan fingerprint density at radius 2 is 0.727 bits per heavy atom. The first-order chi connectivity index (χ1) is 21.2. The van der Waals surface area contributed by atoms with Crippen molar-refractivity contribution < 1.29 is 13.6 Å². The number of hydrogen-bond acceptors (Lipinski definition) is 3. The van der Waals surface area contributed by atoms with Gasteiger partial charge in [0.05, 0.1) is 0 Å². The summed E-state index contributed by atoms with van der Waals surface area (Å²) >= 11 is 14.4. The van der Waals surface area contributed by atoms with E-state index >= 15 is 0 Å². The van der Waals surface area contributed by atoms with Crippen LogP contribution in [0.25, 0.3) is 0 Å². The molecule has 3 nitrogen and oxygen atoms in total. The van der Waals surface area contributed by atoms with E-state index in [9.17, 15) is 4.57 Å². The van der Waals surface area contributed by atoms with Crippen molar-refractivity contribution in [3.63, 3.8) is 0 Å². The van der Waals surface area contributed by atoms with Crippen molar-refractivity contribution in [3.8, 4) is 0 Å². The van der Waals surface area contributed by atoms with Gasteiger partial charge in [-0.25, -0.2) is 0 Å². The molecule has 0 radical (unpaired) electrons. The van der Waals surface area contributed by atoms with E-state index in [0.717, 1.165) is 78.7 Å². The summed E-state index contributed by atoms with van der Waals surface area (Å²) in [5, 5.41) is 0. The molecule has 4 rings (SSSR count). The molecule has 8 heteroatoms. The maximum absolute atomic E-state index is 14.6. The Kier molecular flexibility index (Phi) is 13.9. The third-order valence-electron chi connectivity index (χ3n) is 7.97. The molecule has 0 unspecified atom stereocenters. The Morgan fingerprint density at radius 3 is 0.955 bits per heavy atom. The first kappa shape index (κ1) is 35.7. The van der Waals surface area contributed by atoms with Crippen LogP contribution < -0.4 is 0 Å². The number of benzene rings is 4. The van der Waals surface area contributed by atoms with Gasteiger partial charge in [-0.15, -0.1) is 9.05 Å². The summed E-state index contributed by atoms with van der Waals surface area (Å²) in [5.74, 6) is 0. The molecule has 0 aliphatic carbocycles. The van der Waals surface area contributed by atoms with Crippen LogP contribution in [-0.2, 0) is 24.8 Å². The Hall–Kier alpha value is -1.18. The van der Waals surface area contributed by atoms with E-state index in [-0.39, 0.29) is 0 Å². The van der Waals surface area contributed by atoms with Crippen LogP contribution in [0.1, 0.15) is 87.5 Å². The fourth-order valence-corrected chi connectivity index (χ4v) is 7.82. The Morgan fingerprint density at radius 1 is 0.477 bits per heavy atom. The second-order valence-corrected chi connectivity index (χ2v) is 15.5. The maximum atomic E-state index is 14.6. The van der Waals surface area contributed by atoms with Crippen molar-refractivity contribution in [2.24, 2.45) is 0 Å². The molecule has 0 aliphatic rings. The minimum absolute atomic E-state index is 0.661. The van der Waals surface area contributed by atoms with Crippen molar-refractivity contribution >= 4 is 72.0 Å². The van der Waals surface area contributed by atoms with Crippen LogP contribution in [0, 0.1) is 0 Å². The molecule has 4 aromatic rings. The molecule has 0 fully saturated rings. The molecule has 0 aromatic heterocycles. The van der Waals surface area contributed by atoms with E-state index < -0.39 is 19.5 Å². The van der Waals surface area contributed by atoms with Gasteiger partial charge in [0.25, 0.3) is 0 Å². The summed E-state index contributed by atoms with van der Waals surface area (Å²) < 4.78 is 32.1. The lowest BCUT2D eigenvalue weighted by atomic mass is 9.82. The third kappa shape index (κ3) is 9.00. The molecule has 0 N–H and O–H groups in total. The van der Waals surface area contributed by atoms with Gasteiger partial charge in [-0.3, -0.25) is 0 Å². The van der Waals surface area contributed by atoms with Crippen LogP contribution in [-0.4, -0.2) is 0 Å². The lowest BCUT2D eigenvalue weighted by molar-refractivity contribution is 0.0339. The Labute approximate surface area is 297 Å². The quantitative estimate of drug-likeness (QED) is 0.0831. The van der Waals surface area contributed by atoms with Crippen molar-refractivity contribution in [1.82, 2.24) is 0 Å². The molecule has 44 heavy (non-hydrogen) atoms. The van der Waals surface area contributed by atoms with Gasteiger partial charge in [0.2, 0.25) is 0 Å². The molecule has 0 heterocycles. The van der Waals surface area contributed by atoms with Crippen LogP contribution >= 0.6 is 72.0 Å². The topological polar surface area (TPSA) is 35.5 Å². The van der Waals surface area contributed by atoms with Gasteiger partial charge in [0, 0.05) is 22.5 Å². The van der Waals surface area contributed by atoms with Crippen molar-refractivity contribution in [2.45, 2.75) is 76.4 Å². The summed E-state index contributed by atoms with van der Waals surface area (Å²) in [5.41, 5.74) is 1.81.